The molecule has 1 unspecified atom stereocenters. The summed E-state index contributed by atoms with van der Waals surface area (Å²) in [6, 6.07) is 13.9. The summed E-state index contributed by atoms with van der Waals surface area (Å²) in [4.78, 5) is 0. The van der Waals surface area contributed by atoms with E-state index in [1.807, 2.05) is 42.5 Å². The van der Waals surface area contributed by atoms with Crippen LogP contribution in [0.5, 0.6) is 11.5 Å². The van der Waals surface area contributed by atoms with Gasteiger partial charge in [-0.25, -0.2) is 0 Å². The molecule has 2 aromatic carbocycles. The van der Waals surface area contributed by atoms with Crippen LogP contribution in [-0.2, 0) is 13.0 Å². The molecule has 0 aliphatic heterocycles. The highest BCUT2D eigenvalue weighted by atomic mass is 35.5. The number of hydrogen-bond acceptors (Lipinski definition) is 4. The first kappa shape index (κ1) is 17.6. The number of halogens is 1. The Balaban J connectivity index is 1.98. The van der Waals surface area contributed by atoms with Gasteiger partial charge in [-0.05, 0) is 41.8 Å². The molecule has 0 spiro atoms. The van der Waals surface area contributed by atoms with Gasteiger partial charge in [-0.1, -0.05) is 23.7 Å². The maximum atomic E-state index is 5.92. The normalized spacial score (nSPS) is 12.0. The summed E-state index contributed by atoms with van der Waals surface area (Å²) in [5.41, 5.74) is 8.19. The van der Waals surface area contributed by atoms with E-state index in [4.69, 9.17) is 26.8 Å². The van der Waals surface area contributed by atoms with Gasteiger partial charge in [0.2, 0.25) is 0 Å². The molecule has 3 N–H and O–H groups in total. The number of hydrogen-bond donors (Lipinski definition) is 2. The molecular weight excluding hydrogens is 312 g/mol. The van der Waals surface area contributed by atoms with E-state index < -0.39 is 0 Å². The SMILES string of the molecule is COc1cc(CNC(CN)Cc2ccc(Cl)cc2)cc(OC)c1. The summed E-state index contributed by atoms with van der Waals surface area (Å²) in [6.45, 7) is 1.26. The number of benzene rings is 2. The third-order valence-corrected chi connectivity index (χ3v) is 3.94. The van der Waals surface area contributed by atoms with Crippen LogP contribution < -0.4 is 20.5 Å². The molecule has 5 heteroatoms. The molecule has 0 aliphatic carbocycles. The van der Waals surface area contributed by atoms with Crippen LogP contribution in [0.3, 0.4) is 0 Å². The van der Waals surface area contributed by atoms with Crippen molar-refractivity contribution in [3.8, 4) is 11.5 Å². The largest absolute Gasteiger partial charge is 0.497 e. The second-order valence-corrected chi connectivity index (χ2v) is 5.80. The summed E-state index contributed by atoms with van der Waals surface area (Å²) in [5, 5.41) is 4.23. The molecule has 0 bridgehead atoms. The van der Waals surface area contributed by atoms with E-state index in [0.29, 0.717) is 13.1 Å². The van der Waals surface area contributed by atoms with Gasteiger partial charge in [0.25, 0.3) is 0 Å². The second kappa shape index (κ2) is 8.77. The number of rotatable bonds is 8. The van der Waals surface area contributed by atoms with Gasteiger partial charge in [0.1, 0.15) is 11.5 Å². The molecule has 0 radical (unpaired) electrons. The minimum atomic E-state index is 0.188. The van der Waals surface area contributed by atoms with Gasteiger partial charge in [0, 0.05) is 30.2 Å². The van der Waals surface area contributed by atoms with Gasteiger partial charge < -0.3 is 20.5 Å². The average molecular weight is 335 g/mol. The van der Waals surface area contributed by atoms with Gasteiger partial charge >= 0.3 is 0 Å². The van der Waals surface area contributed by atoms with Crippen molar-refractivity contribution in [3.05, 3.63) is 58.6 Å². The lowest BCUT2D eigenvalue weighted by Gasteiger charge is -2.18. The van der Waals surface area contributed by atoms with Gasteiger partial charge in [0.05, 0.1) is 14.2 Å². The van der Waals surface area contributed by atoms with Crippen LogP contribution in [-0.4, -0.2) is 26.8 Å². The van der Waals surface area contributed by atoms with Crippen molar-refractivity contribution in [2.24, 2.45) is 5.73 Å². The summed E-state index contributed by atoms with van der Waals surface area (Å²) in [6.07, 6.45) is 0.856. The fraction of sp³-hybridized carbons (Fsp3) is 0.333. The summed E-state index contributed by atoms with van der Waals surface area (Å²) < 4.78 is 10.6. The van der Waals surface area contributed by atoms with Crippen molar-refractivity contribution in [2.45, 2.75) is 19.0 Å². The van der Waals surface area contributed by atoms with Gasteiger partial charge in [0.15, 0.2) is 0 Å². The van der Waals surface area contributed by atoms with Crippen LogP contribution in [0.2, 0.25) is 5.02 Å². The molecule has 0 amide bonds. The molecule has 23 heavy (non-hydrogen) atoms. The predicted molar refractivity (Wildman–Crippen MR) is 94.4 cm³/mol. The summed E-state index contributed by atoms with van der Waals surface area (Å²) in [5.74, 6) is 1.56. The van der Waals surface area contributed by atoms with Crippen molar-refractivity contribution < 1.29 is 9.47 Å². The van der Waals surface area contributed by atoms with Crippen molar-refractivity contribution in [3.63, 3.8) is 0 Å². The summed E-state index contributed by atoms with van der Waals surface area (Å²) >= 11 is 5.92. The molecule has 0 fully saturated rings. The van der Waals surface area contributed by atoms with E-state index in [1.54, 1.807) is 14.2 Å². The minimum absolute atomic E-state index is 0.188. The fourth-order valence-corrected chi connectivity index (χ4v) is 2.50. The van der Waals surface area contributed by atoms with E-state index in [2.05, 4.69) is 5.32 Å². The zero-order chi connectivity index (χ0) is 16.7. The molecule has 2 rings (SSSR count). The molecule has 0 aromatic heterocycles. The Labute approximate surface area is 142 Å². The van der Waals surface area contributed by atoms with E-state index >= 15 is 0 Å². The van der Waals surface area contributed by atoms with Crippen molar-refractivity contribution in [1.82, 2.24) is 5.32 Å². The standard InChI is InChI=1S/C18H23ClN2O2/c1-22-17-8-14(9-18(10-17)23-2)12-21-16(11-20)7-13-3-5-15(19)6-4-13/h3-6,8-10,16,21H,7,11-12,20H2,1-2H3. The molecule has 0 saturated heterocycles. The van der Waals surface area contributed by atoms with Gasteiger partial charge in [-0.15, -0.1) is 0 Å². The van der Waals surface area contributed by atoms with Gasteiger partial charge in [-0.3, -0.25) is 0 Å². The molecule has 2 aromatic rings. The highest BCUT2D eigenvalue weighted by Gasteiger charge is 2.09. The lowest BCUT2D eigenvalue weighted by molar-refractivity contribution is 0.392. The topological polar surface area (TPSA) is 56.5 Å². The maximum absolute atomic E-state index is 5.92. The average Bonchev–Trinajstić information content (AvgIpc) is 2.59. The first-order valence-electron chi connectivity index (χ1n) is 7.54. The fourth-order valence-electron chi connectivity index (χ4n) is 2.37. The molecule has 0 saturated carbocycles. The van der Waals surface area contributed by atoms with E-state index in [9.17, 15) is 0 Å². The quantitative estimate of drug-likeness (QED) is 0.779. The van der Waals surface area contributed by atoms with Crippen molar-refractivity contribution >= 4 is 11.6 Å². The molecule has 1 atom stereocenters. The summed E-state index contributed by atoms with van der Waals surface area (Å²) in [7, 11) is 3.30. The maximum Gasteiger partial charge on any atom is 0.122 e. The zero-order valence-electron chi connectivity index (χ0n) is 13.5. The molecule has 0 heterocycles. The molecular formula is C18H23ClN2O2. The Morgan fingerprint density at radius 2 is 1.61 bits per heavy atom. The van der Waals surface area contributed by atoms with Crippen LogP contribution in [0.15, 0.2) is 42.5 Å². The Bertz CT molecular complexity index is 595. The Morgan fingerprint density at radius 3 is 2.13 bits per heavy atom. The van der Waals surface area contributed by atoms with Crippen LogP contribution in [0.4, 0.5) is 0 Å². The van der Waals surface area contributed by atoms with Crippen LogP contribution in [0, 0.1) is 0 Å². The zero-order valence-corrected chi connectivity index (χ0v) is 14.3. The number of nitrogens with one attached hydrogen (secondary N) is 1. The highest BCUT2D eigenvalue weighted by molar-refractivity contribution is 6.30. The molecule has 0 aliphatic rings. The third-order valence-electron chi connectivity index (χ3n) is 3.69. The first-order chi connectivity index (χ1) is 11.1. The minimum Gasteiger partial charge on any atom is -0.497 e. The first-order valence-corrected chi connectivity index (χ1v) is 7.92. The Kier molecular flexibility index (Phi) is 6.71. The lowest BCUT2D eigenvalue weighted by Crippen LogP contribution is -2.37. The third kappa shape index (κ3) is 5.43. The van der Waals surface area contributed by atoms with E-state index in [-0.39, 0.29) is 6.04 Å². The molecule has 4 nitrogen and oxygen atoms in total. The number of methoxy groups -OCH3 is 2. The Morgan fingerprint density at radius 1 is 1.00 bits per heavy atom. The van der Waals surface area contributed by atoms with Crippen LogP contribution in [0.1, 0.15) is 11.1 Å². The van der Waals surface area contributed by atoms with E-state index in [1.165, 1.54) is 5.56 Å². The molecule has 124 valence electrons. The number of ether oxygens (including phenoxy) is 2. The highest BCUT2D eigenvalue weighted by Crippen LogP contribution is 2.22. The van der Waals surface area contributed by atoms with Crippen molar-refractivity contribution in [1.29, 1.82) is 0 Å². The Hall–Kier alpha value is -1.75. The van der Waals surface area contributed by atoms with Gasteiger partial charge in [-0.2, -0.15) is 0 Å². The van der Waals surface area contributed by atoms with Crippen LogP contribution in [0.25, 0.3) is 0 Å². The van der Waals surface area contributed by atoms with Crippen LogP contribution >= 0.6 is 11.6 Å². The monoisotopic (exact) mass is 334 g/mol. The smallest absolute Gasteiger partial charge is 0.122 e. The lowest BCUT2D eigenvalue weighted by atomic mass is 10.1. The predicted octanol–water partition coefficient (Wildman–Crippen LogP) is 3.02. The number of nitrogens with two attached hydrogens (primary N) is 1. The van der Waals surface area contributed by atoms with E-state index in [0.717, 1.165) is 28.5 Å². The van der Waals surface area contributed by atoms with Crippen molar-refractivity contribution in [2.75, 3.05) is 20.8 Å². The second-order valence-electron chi connectivity index (χ2n) is 5.37.